The number of nitrogens with one attached hydrogen (secondary N) is 3. The molecular formula is C20H28N4O3S. The average Bonchev–Trinajstić information content (AvgIpc) is 2.67. The number of thiocarbonyl (C=S) groups is 1. The molecule has 0 saturated carbocycles. The second-order valence-corrected chi connectivity index (χ2v) is 6.90. The molecule has 28 heavy (non-hydrogen) atoms. The Labute approximate surface area is 171 Å². The van der Waals surface area contributed by atoms with Crippen molar-refractivity contribution in [3.05, 3.63) is 41.1 Å². The highest BCUT2D eigenvalue weighted by Gasteiger charge is 2.33. The number of carbonyl (C=O) groups excluding carboxylic acids is 2. The van der Waals surface area contributed by atoms with Crippen LogP contribution in [0, 0.1) is 0 Å². The van der Waals surface area contributed by atoms with Gasteiger partial charge in [-0.2, -0.15) is 0 Å². The van der Waals surface area contributed by atoms with Crippen molar-refractivity contribution in [3.63, 3.8) is 0 Å². The summed E-state index contributed by atoms with van der Waals surface area (Å²) in [6.45, 7) is 6.64. The molecule has 152 valence electrons. The first-order valence-electron chi connectivity index (χ1n) is 9.45. The first kappa shape index (κ1) is 21.7. The zero-order valence-electron chi connectivity index (χ0n) is 16.8. The fourth-order valence-corrected chi connectivity index (χ4v) is 3.13. The van der Waals surface area contributed by atoms with E-state index in [0.29, 0.717) is 29.5 Å². The molecule has 0 radical (unpaired) electrons. The summed E-state index contributed by atoms with van der Waals surface area (Å²) in [5.41, 5.74) is 2.81. The van der Waals surface area contributed by atoms with Crippen molar-refractivity contribution < 1.29 is 14.3 Å². The van der Waals surface area contributed by atoms with Gasteiger partial charge in [-0.3, -0.25) is 0 Å². The minimum Gasteiger partial charge on any atom is -0.463 e. The van der Waals surface area contributed by atoms with E-state index >= 15 is 0 Å². The SMILES string of the molecule is CCCCNC(=O)Nc1ccc([C@H]2NC(=S)N(C)C(C)=C2C(=O)OCC)cc1. The van der Waals surface area contributed by atoms with Gasteiger partial charge in [0.1, 0.15) is 0 Å². The molecule has 0 saturated heterocycles. The Kier molecular flexibility index (Phi) is 7.80. The Bertz CT molecular complexity index is 761. The maximum absolute atomic E-state index is 12.5. The minimum absolute atomic E-state index is 0.234. The summed E-state index contributed by atoms with van der Waals surface area (Å²) in [6.07, 6.45) is 1.96. The summed E-state index contributed by atoms with van der Waals surface area (Å²) in [4.78, 5) is 26.2. The van der Waals surface area contributed by atoms with Crippen LogP contribution in [0.3, 0.4) is 0 Å². The van der Waals surface area contributed by atoms with Gasteiger partial charge in [0.2, 0.25) is 0 Å². The van der Waals surface area contributed by atoms with E-state index in [1.54, 1.807) is 24.0 Å². The van der Waals surface area contributed by atoms with E-state index < -0.39 is 6.04 Å². The topological polar surface area (TPSA) is 82.7 Å². The molecule has 8 heteroatoms. The van der Waals surface area contributed by atoms with E-state index in [4.69, 9.17) is 17.0 Å². The van der Waals surface area contributed by atoms with Crippen LogP contribution < -0.4 is 16.0 Å². The van der Waals surface area contributed by atoms with Gasteiger partial charge in [0, 0.05) is 25.0 Å². The smallest absolute Gasteiger partial charge is 0.338 e. The van der Waals surface area contributed by atoms with Crippen LogP contribution in [0.2, 0.25) is 0 Å². The highest BCUT2D eigenvalue weighted by Crippen LogP contribution is 2.31. The van der Waals surface area contributed by atoms with Crippen LogP contribution in [0.5, 0.6) is 0 Å². The molecular weight excluding hydrogens is 376 g/mol. The monoisotopic (exact) mass is 404 g/mol. The predicted molar refractivity (Wildman–Crippen MR) is 114 cm³/mol. The summed E-state index contributed by atoms with van der Waals surface area (Å²) in [7, 11) is 1.81. The molecule has 0 aromatic heterocycles. The van der Waals surface area contributed by atoms with Crippen LogP contribution in [0.25, 0.3) is 0 Å². The Balaban J connectivity index is 2.19. The van der Waals surface area contributed by atoms with Gasteiger partial charge >= 0.3 is 12.0 Å². The number of amides is 2. The molecule has 3 N–H and O–H groups in total. The quantitative estimate of drug-likeness (QED) is 0.367. The lowest BCUT2D eigenvalue weighted by Gasteiger charge is -2.35. The van der Waals surface area contributed by atoms with Gasteiger partial charge in [-0.15, -0.1) is 0 Å². The standard InChI is InChI=1S/C20H28N4O3S/c1-5-7-12-21-19(26)22-15-10-8-14(9-11-15)17-16(18(25)27-6-2)13(3)24(4)20(28)23-17/h8-11,17H,5-7,12H2,1-4H3,(H,23,28)(H2,21,22,26)/t17-/m1/s1. The normalized spacial score (nSPS) is 16.5. The summed E-state index contributed by atoms with van der Waals surface area (Å²) < 4.78 is 5.24. The predicted octanol–water partition coefficient (Wildman–Crippen LogP) is 3.31. The number of carbonyl (C=O) groups is 2. The fraction of sp³-hybridized carbons (Fsp3) is 0.450. The van der Waals surface area contributed by atoms with E-state index in [1.165, 1.54) is 0 Å². The highest BCUT2D eigenvalue weighted by molar-refractivity contribution is 7.80. The third-order valence-electron chi connectivity index (χ3n) is 4.57. The van der Waals surface area contributed by atoms with Crippen molar-refractivity contribution in [3.8, 4) is 0 Å². The van der Waals surface area contributed by atoms with Crippen molar-refractivity contribution in [2.45, 2.75) is 39.7 Å². The van der Waals surface area contributed by atoms with Crippen molar-refractivity contribution in [2.24, 2.45) is 0 Å². The molecule has 1 atom stereocenters. The molecule has 2 amide bonds. The van der Waals surface area contributed by atoms with E-state index in [2.05, 4.69) is 22.9 Å². The minimum atomic E-state index is -0.407. The van der Waals surface area contributed by atoms with E-state index in [1.807, 2.05) is 26.1 Å². The number of benzene rings is 1. The number of allylic oxidation sites excluding steroid dienone is 1. The summed E-state index contributed by atoms with van der Waals surface area (Å²) >= 11 is 5.38. The number of esters is 1. The molecule has 0 fully saturated rings. The lowest BCUT2D eigenvalue weighted by molar-refractivity contribution is -0.139. The number of rotatable bonds is 7. The van der Waals surface area contributed by atoms with Gasteiger partial charge < -0.3 is 25.6 Å². The van der Waals surface area contributed by atoms with E-state index in [-0.39, 0.29) is 12.0 Å². The van der Waals surface area contributed by atoms with Gasteiger partial charge in [-0.1, -0.05) is 25.5 Å². The summed E-state index contributed by atoms with van der Waals surface area (Å²) in [5.74, 6) is -0.371. The van der Waals surface area contributed by atoms with Crippen LogP contribution in [-0.4, -0.2) is 42.2 Å². The zero-order valence-corrected chi connectivity index (χ0v) is 17.6. The Morgan fingerprint density at radius 3 is 2.54 bits per heavy atom. The molecule has 1 aromatic rings. The molecule has 1 aliphatic heterocycles. The lowest BCUT2D eigenvalue weighted by Crippen LogP contribution is -2.46. The molecule has 1 aliphatic rings. The van der Waals surface area contributed by atoms with E-state index in [0.717, 1.165) is 24.1 Å². The maximum Gasteiger partial charge on any atom is 0.338 e. The molecule has 1 aromatic carbocycles. The molecule has 1 heterocycles. The Hall–Kier alpha value is -2.61. The molecule has 0 bridgehead atoms. The molecule has 0 spiro atoms. The first-order chi connectivity index (χ1) is 13.4. The van der Waals surface area contributed by atoms with Crippen molar-refractivity contribution in [1.82, 2.24) is 15.5 Å². The summed E-state index contributed by atoms with van der Waals surface area (Å²) in [5, 5.41) is 9.34. The van der Waals surface area contributed by atoms with Gasteiger partial charge in [-0.05, 0) is 50.2 Å². The van der Waals surface area contributed by atoms with Gasteiger partial charge in [0.05, 0.1) is 18.2 Å². The maximum atomic E-state index is 12.5. The van der Waals surface area contributed by atoms with Crippen LogP contribution in [0.4, 0.5) is 10.5 Å². The zero-order chi connectivity index (χ0) is 20.7. The third kappa shape index (κ3) is 5.22. The lowest BCUT2D eigenvalue weighted by atomic mass is 9.95. The second kappa shape index (κ2) is 10.1. The van der Waals surface area contributed by atoms with Gasteiger partial charge in [0.15, 0.2) is 5.11 Å². The van der Waals surface area contributed by atoms with E-state index in [9.17, 15) is 9.59 Å². The highest BCUT2D eigenvalue weighted by atomic mass is 32.1. The van der Waals surface area contributed by atoms with Crippen LogP contribution in [0.15, 0.2) is 35.5 Å². The average molecular weight is 405 g/mol. The van der Waals surface area contributed by atoms with Crippen molar-refractivity contribution in [1.29, 1.82) is 0 Å². The van der Waals surface area contributed by atoms with Crippen molar-refractivity contribution >= 4 is 35.0 Å². The fourth-order valence-electron chi connectivity index (χ4n) is 2.87. The number of anilines is 1. The number of hydrogen-bond acceptors (Lipinski definition) is 4. The largest absolute Gasteiger partial charge is 0.463 e. The second-order valence-electron chi connectivity index (χ2n) is 6.52. The number of unbranched alkanes of at least 4 members (excludes halogenated alkanes) is 1. The van der Waals surface area contributed by atoms with Crippen LogP contribution in [-0.2, 0) is 9.53 Å². The Morgan fingerprint density at radius 1 is 1.25 bits per heavy atom. The molecule has 0 unspecified atom stereocenters. The van der Waals surface area contributed by atoms with Crippen LogP contribution >= 0.6 is 12.2 Å². The van der Waals surface area contributed by atoms with Crippen LogP contribution in [0.1, 0.15) is 45.2 Å². The van der Waals surface area contributed by atoms with Gasteiger partial charge in [0.25, 0.3) is 0 Å². The molecule has 7 nitrogen and oxygen atoms in total. The third-order valence-corrected chi connectivity index (χ3v) is 4.96. The number of ether oxygens (including phenoxy) is 1. The molecule has 2 rings (SSSR count). The first-order valence-corrected chi connectivity index (χ1v) is 9.86. The van der Waals surface area contributed by atoms with Crippen molar-refractivity contribution in [2.75, 3.05) is 25.5 Å². The Morgan fingerprint density at radius 2 is 1.93 bits per heavy atom. The summed E-state index contributed by atoms with van der Waals surface area (Å²) in [6, 6.07) is 6.68. The molecule has 0 aliphatic carbocycles. The number of hydrogen-bond donors (Lipinski definition) is 3. The van der Waals surface area contributed by atoms with Gasteiger partial charge in [-0.25, -0.2) is 9.59 Å². The number of nitrogens with zero attached hydrogens (tertiary/aromatic N) is 1. The number of urea groups is 1.